The first kappa shape index (κ1) is 24.3. The van der Waals surface area contributed by atoms with E-state index in [0.29, 0.717) is 48.9 Å². The minimum absolute atomic E-state index is 0.264. The molecule has 0 bridgehead atoms. The van der Waals surface area contributed by atoms with Crippen molar-refractivity contribution in [3.63, 3.8) is 0 Å². The van der Waals surface area contributed by atoms with Crippen LogP contribution in [0.4, 0.5) is 32.5 Å². The molecule has 3 aromatic rings. The van der Waals surface area contributed by atoms with E-state index in [-0.39, 0.29) is 17.9 Å². The highest BCUT2D eigenvalue weighted by Crippen LogP contribution is 2.26. The Balaban J connectivity index is 1.29. The van der Waals surface area contributed by atoms with Gasteiger partial charge in [0.1, 0.15) is 11.8 Å². The highest BCUT2D eigenvalue weighted by Gasteiger charge is 2.22. The molecular formula is C26H27N7O3. The fourth-order valence-electron chi connectivity index (χ4n) is 3.89. The molecule has 1 aliphatic rings. The first-order valence-corrected chi connectivity index (χ1v) is 11.5. The number of urea groups is 2. The quantitative estimate of drug-likeness (QED) is 0.496. The number of aryl methyl sites for hydroxylation is 1. The summed E-state index contributed by atoms with van der Waals surface area (Å²) in [4.78, 5) is 33.0. The lowest BCUT2D eigenvalue weighted by molar-refractivity contribution is 0.208. The summed E-state index contributed by atoms with van der Waals surface area (Å²) in [5, 5.41) is 17.5. The van der Waals surface area contributed by atoms with E-state index < -0.39 is 0 Å². The molecular weight excluding hydrogens is 458 g/mol. The zero-order chi connectivity index (χ0) is 25.5. The third kappa shape index (κ3) is 5.82. The molecule has 1 fully saturated rings. The lowest BCUT2D eigenvalue weighted by Gasteiger charge is -2.36. The minimum atomic E-state index is -0.364. The Morgan fingerprint density at radius 2 is 1.75 bits per heavy atom. The van der Waals surface area contributed by atoms with Gasteiger partial charge >= 0.3 is 12.1 Å². The smallest absolute Gasteiger partial charge is 0.323 e. The zero-order valence-electron chi connectivity index (χ0n) is 20.1. The minimum Gasteiger partial charge on any atom is -0.495 e. The molecule has 0 radical (unpaired) electrons. The maximum atomic E-state index is 12.6. The van der Waals surface area contributed by atoms with Gasteiger partial charge in [-0.3, -0.25) is 5.32 Å². The van der Waals surface area contributed by atoms with E-state index in [2.05, 4.69) is 25.8 Å². The van der Waals surface area contributed by atoms with Gasteiger partial charge in [0.2, 0.25) is 0 Å². The number of nitriles is 1. The van der Waals surface area contributed by atoms with Crippen molar-refractivity contribution in [1.29, 1.82) is 5.26 Å². The van der Waals surface area contributed by atoms with Gasteiger partial charge in [0.15, 0.2) is 5.82 Å². The Morgan fingerprint density at radius 3 is 2.44 bits per heavy atom. The van der Waals surface area contributed by atoms with E-state index >= 15 is 0 Å². The molecule has 4 amide bonds. The van der Waals surface area contributed by atoms with Crippen molar-refractivity contribution in [2.75, 3.05) is 54.1 Å². The Kier molecular flexibility index (Phi) is 7.51. The molecule has 0 atom stereocenters. The number of anilines is 4. The van der Waals surface area contributed by atoms with Crippen molar-refractivity contribution in [2.45, 2.75) is 6.92 Å². The summed E-state index contributed by atoms with van der Waals surface area (Å²) in [6, 6.07) is 17.8. The van der Waals surface area contributed by atoms with Gasteiger partial charge in [-0.05, 0) is 61.0 Å². The molecule has 1 saturated heterocycles. The van der Waals surface area contributed by atoms with Gasteiger partial charge in [0, 0.05) is 43.8 Å². The van der Waals surface area contributed by atoms with E-state index in [1.54, 1.807) is 30.2 Å². The molecule has 0 unspecified atom stereocenters. The summed E-state index contributed by atoms with van der Waals surface area (Å²) in [5.41, 5.74) is 3.61. The number of hydrogen-bond acceptors (Lipinski definition) is 6. The Morgan fingerprint density at radius 1 is 1.00 bits per heavy atom. The van der Waals surface area contributed by atoms with Crippen LogP contribution < -0.4 is 25.6 Å². The fraction of sp³-hybridized carbons (Fsp3) is 0.231. The number of hydrogen-bond donors (Lipinski definition) is 3. The SMILES string of the molecule is COc1cc(C)ccc1NC(=O)Nc1ccc(N2CCN(C(=O)Nc3ncccc3C#N)CC2)cc1. The van der Waals surface area contributed by atoms with Crippen LogP contribution in [0.1, 0.15) is 11.1 Å². The second-order valence-electron chi connectivity index (χ2n) is 8.25. The largest absolute Gasteiger partial charge is 0.495 e. The molecule has 3 N–H and O–H groups in total. The van der Waals surface area contributed by atoms with Crippen LogP contribution in [0.25, 0.3) is 0 Å². The van der Waals surface area contributed by atoms with Crippen LogP contribution in [-0.4, -0.2) is 55.2 Å². The zero-order valence-corrected chi connectivity index (χ0v) is 20.1. The van der Waals surface area contributed by atoms with Crippen LogP contribution in [0.3, 0.4) is 0 Å². The topological polar surface area (TPSA) is 123 Å². The predicted octanol–water partition coefficient (Wildman–Crippen LogP) is 4.27. The van der Waals surface area contributed by atoms with Crippen molar-refractivity contribution in [3.8, 4) is 11.8 Å². The van der Waals surface area contributed by atoms with Gasteiger partial charge in [0.05, 0.1) is 18.4 Å². The summed E-state index contributed by atoms with van der Waals surface area (Å²) in [5.74, 6) is 0.860. The number of carbonyl (C=O) groups excluding carboxylic acids is 2. The van der Waals surface area contributed by atoms with Crippen molar-refractivity contribution < 1.29 is 14.3 Å². The van der Waals surface area contributed by atoms with Gasteiger partial charge in [-0.15, -0.1) is 0 Å². The third-order valence-corrected chi connectivity index (χ3v) is 5.82. The average Bonchev–Trinajstić information content (AvgIpc) is 2.90. The number of nitrogens with one attached hydrogen (secondary N) is 3. The maximum Gasteiger partial charge on any atom is 0.323 e. The van der Waals surface area contributed by atoms with Crippen LogP contribution >= 0.6 is 0 Å². The van der Waals surface area contributed by atoms with Gasteiger partial charge in [-0.2, -0.15) is 5.26 Å². The van der Waals surface area contributed by atoms with Crippen LogP contribution in [0, 0.1) is 18.3 Å². The standard InChI is InChI=1S/C26H27N7O3/c1-18-5-10-22(23(16-18)36-2)30-25(34)29-20-6-8-21(9-7-20)32-12-14-33(15-13-32)26(35)31-24-19(17-27)4-3-11-28-24/h3-11,16H,12-15H2,1-2H3,(H,28,31,35)(H2,29,30,34). The highest BCUT2D eigenvalue weighted by molar-refractivity contribution is 6.00. The molecule has 2 aromatic carbocycles. The molecule has 2 heterocycles. The number of ether oxygens (including phenoxy) is 1. The number of pyridine rings is 1. The summed E-state index contributed by atoms with van der Waals surface area (Å²) < 4.78 is 5.33. The van der Waals surface area contributed by atoms with E-state index in [9.17, 15) is 14.9 Å². The lowest BCUT2D eigenvalue weighted by Crippen LogP contribution is -2.50. The first-order chi connectivity index (χ1) is 17.5. The van der Waals surface area contributed by atoms with E-state index in [1.807, 2.05) is 49.4 Å². The fourth-order valence-corrected chi connectivity index (χ4v) is 3.89. The molecule has 1 aliphatic heterocycles. The number of benzene rings is 2. The van der Waals surface area contributed by atoms with Crippen molar-refractivity contribution in [2.24, 2.45) is 0 Å². The van der Waals surface area contributed by atoms with Crippen LogP contribution in [0.2, 0.25) is 0 Å². The first-order valence-electron chi connectivity index (χ1n) is 11.5. The van der Waals surface area contributed by atoms with Crippen molar-refractivity contribution in [1.82, 2.24) is 9.88 Å². The molecule has 184 valence electrons. The number of aromatic nitrogens is 1. The molecule has 4 rings (SSSR count). The summed E-state index contributed by atoms with van der Waals surface area (Å²) in [6.07, 6.45) is 1.54. The molecule has 10 heteroatoms. The normalized spacial score (nSPS) is 12.9. The molecule has 36 heavy (non-hydrogen) atoms. The lowest BCUT2D eigenvalue weighted by atomic mass is 10.2. The average molecular weight is 486 g/mol. The second kappa shape index (κ2) is 11.1. The molecule has 0 aliphatic carbocycles. The van der Waals surface area contributed by atoms with Crippen LogP contribution in [0.5, 0.6) is 5.75 Å². The Hall–Kier alpha value is -4.78. The van der Waals surface area contributed by atoms with Gasteiger partial charge in [-0.1, -0.05) is 6.07 Å². The van der Waals surface area contributed by atoms with Gasteiger partial charge in [0.25, 0.3) is 0 Å². The van der Waals surface area contributed by atoms with Crippen molar-refractivity contribution in [3.05, 3.63) is 71.9 Å². The van der Waals surface area contributed by atoms with Crippen molar-refractivity contribution >= 4 is 34.9 Å². The maximum absolute atomic E-state index is 12.6. The molecule has 1 aromatic heterocycles. The number of amides is 4. The van der Waals surface area contributed by atoms with Crippen LogP contribution in [-0.2, 0) is 0 Å². The number of rotatable bonds is 5. The monoisotopic (exact) mass is 485 g/mol. The third-order valence-electron chi connectivity index (χ3n) is 5.82. The molecule has 0 spiro atoms. The summed E-state index contributed by atoms with van der Waals surface area (Å²) in [6.45, 7) is 4.32. The predicted molar refractivity (Wildman–Crippen MR) is 139 cm³/mol. The molecule has 10 nitrogen and oxygen atoms in total. The van der Waals surface area contributed by atoms with Crippen LogP contribution in [0.15, 0.2) is 60.8 Å². The number of piperazine rings is 1. The van der Waals surface area contributed by atoms with E-state index in [0.717, 1.165) is 11.3 Å². The van der Waals surface area contributed by atoms with Gasteiger partial charge in [-0.25, -0.2) is 14.6 Å². The summed E-state index contributed by atoms with van der Waals surface area (Å²) in [7, 11) is 1.56. The Bertz CT molecular complexity index is 1280. The number of carbonyl (C=O) groups is 2. The Labute approximate surface area is 209 Å². The van der Waals surface area contributed by atoms with E-state index in [4.69, 9.17) is 4.74 Å². The van der Waals surface area contributed by atoms with Gasteiger partial charge < -0.3 is 25.2 Å². The number of nitrogens with zero attached hydrogens (tertiary/aromatic N) is 4. The molecule has 0 saturated carbocycles. The number of methoxy groups -OCH3 is 1. The van der Waals surface area contributed by atoms with E-state index in [1.165, 1.54) is 6.20 Å². The summed E-state index contributed by atoms with van der Waals surface area (Å²) >= 11 is 0. The second-order valence-corrected chi connectivity index (χ2v) is 8.25. The highest BCUT2D eigenvalue weighted by atomic mass is 16.5.